The van der Waals surface area contributed by atoms with Crippen molar-refractivity contribution in [3.63, 3.8) is 0 Å². The van der Waals surface area contributed by atoms with Gasteiger partial charge in [-0.05, 0) is 32.2 Å². The Hall–Kier alpha value is -3.45. The van der Waals surface area contributed by atoms with Crippen LogP contribution in [0.15, 0.2) is 30.5 Å². The predicted octanol–water partition coefficient (Wildman–Crippen LogP) is 4.02. The first-order valence-corrected chi connectivity index (χ1v) is 10.8. The number of aromatic nitrogens is 1. The highest BCUT2D eigenvalue weighted by molar-refractivity contribution is 6.05. The summed E-state index contributed by atoms with van der Waals surface area (Å²) in [5.41, 5.74) is 2.87. The molecule has 0 saturated carbocycles. The molecule has 0 spiro atoms. The van der Waals surface area contributed by atoms with Crippen molar-refractivity contribution in [2.75, 3.05) is 25.7 Å². The summed E-state index contributed by atoms with van der Waals surface area (Å²) in [6.45, 7) is 3.36. The summed E-state index contributed by atoms with van der Waals surface area (Å²) in [4.78, 5) is 36.5. The standard InChI is InChI=1S/C14H15F5O2.C9H8N2O3.CH5N/c1-7-9(6-21-13(7,2)14(17,18)19)8-4-5-10(15)11(16)12(8)20-3;1-7(14)11(6-13)9-2-3-10-8(4-9)5-12;1-2/h4-5,7,9H,6H2,1-3H3;2-6H,1H3;2H2,1H3/t7?,9?,13-;;/m1../s1. The Morgan fingerprint density at radius 3 is 2.32 bits per heavy atom. The molecule has 1 aliphatic heterocycles. The SMILES string of the molecule is CC(=O)N(C=O)c1ccnc(C=O)c1.CN.COc1c(C2CO[C@@](C)(C(F)(F)F)C2C)ccc(F)c1F. The minimum Gasteiger partial charge on any atom is -0.493 e. The molecule has 1 aromatic carbocycles. The number of nitrogens with zero attached hydrogens (tertiary/aromatic N) is 2. The number of hydrogen-bond acceptors (Lipinski definition) is 7. The number of nitrogens with two attached hydrogens (primary N) is 1. The molecule has 3 rings (SSSR count). The zero-order valence-corrected chi connectivity index (χ0v) is 20.8. The van der Waals surface area contributed by atoms with Crippen molar-refractivity contribution in [2.45, 2.75) is 38.5 Å². The molecule has 2 aromatic rings. The number of anilines is 1. The second-order valence-electron chi connectivity index (χ2n) is 7.85. The van der Waals surface area contributed by atoms with Crippen molar-refractivity contribution in [2.24, 2.45) is 11.7 Å². The van der Waals surface area contributed by atoms with E-state index in [4.69, 9.17) is 9.47 Å². The van der Waals surface area contributed by atoms with E-state index in [1.165, 1.54) is 45.3 Å². The molecular weight excluding hydrogens is 505 g/mol. The third-order valence-corrected chi connectivity index (χ3v) is 5.89. The van der Waals surface area contributed by atoms with Gasteiger partial charge in [-0.15, -0.1) is 0 Å². The van der Waals surface area contributed by atoms with Gasteiger partial charge in [-0.1, -0.05) is 13.0 Å². The molecule has 1 aliphatic rings. The third kappa shape index (κ3) is 6.86. The fourth-order valence-corrected chi connectivity index (χ4v) is 3.64. The number of halogens is 5. The maximum absolute atomic E-state index is 13.7. The van der Waals surface area contributed by atoms with E-state index in [2.05, 4.69) is 10.7 Å². The lowest BCUT2D eigenvalue weighted by atomic mass is 9.79. The number of carbonyl (C=O) groups excluding carboxylic acids is 3. The fraction of sp³-hybridized carbons (Fsp3) is 0.417. The lowest BCUT2D eigenvalue weighted by Crippen LogP contribution is -2.46. The van der Waals surface area contributed by atoms with Gasteiger partial charge in [0.25, 0.3) is 0 Å². The summed E-state index contributed by atoms with van der Waals surface area (Å²) in [5, 5.41) is 0. The summed E-state index contributed by atoms with van der Waals surface area (Å²) in [6, 6.07) is 4.96. The molecule has 37 heavy (non-hydrogen) atoms. The van der Waals surface area contributed by atoms with Crippen LogP contribution in [0.2, 0.25) is 0 Å². The van der Waals surface area contributed by atoms with Crippen LogP contribution in [0, 0.1) is 17.6 Å². The first-order valence-electron chi connectivity index (χ1n) is 10.8. The van der Waals surface area contributed by atoms with Crippen LogP contribution in [0.25, 0.3) is 0 Å². The fourth-order valence-electron chi connectivity index (χ4n) is 3.64. The zero-order valence-electron chi connectivity index (χ0n) is 20.8. The average Bonchev–Trinajstić information content (AvgIpc) is 3.18. The van der Waals surface area contributed by atoms with Crippen LogP contribution in [-0.2, 0) is 14.3 Å². The van der Waals surface area contributed by atoms with Gasteiger partial charge in [0, 0.05) is 30.5 Å². The number of amides is 2. The van der Waals surface area contributed by atoms with E-state index >= 15 is 0 Å². The Morgan fingerprint density at radius 2 is 1.86 bits per heavy atom. The molecular formula is C24H28F5N3O5. The number of rotatable bonds is 5. The molecule has 13 heteroatoms. The van der Waals surface area contributed by atoms with Crippen molar-refractivity contribution >= 4 is 24.3 Å². The predicted molar refractivity (Wildman–Crippen MR) is 124 cm³/mol. The van der Waals surface area contributed by atoms with Crippen LogP contribution in [0.4, 0.5) is 27.6 Å². The van der Waals surface area contributed by atoms with E-state index in [1.807, 2.05) is 0 Å². The van der Waals surface area contributed by atoms with Crippen molar-refractivity contribution < 1.29 is 45.8 Å². The smallest absolute Gasteiger partial charge is 0.417 e. The van der Waals surface area contributed by atoms with Gasteiger partial charge >= 0.3 is 6.18 Å². The molecule has 2 heterocycles. The lowest BCUT2D eigenvalue weighted by Gasteiger charge is -2.32. The van der Waals surface area contributed by atoms with Crippen molar-refractivity contribution in [3.8, 4) is 5.75 Å². The normalized spacial score (nSPS) is 20.5. The second kappa shape index (κ2) is 13.2. The number of alkyl halides is 3. The number of pyridine rings is 1. The molecule has 0 bridgehead atoms. The first kappa shape index (κ1) is 31.6. The van der Waals surface area contributed by atoms with Gasteiger partial charge in [-0.25, -0.2) is 4.39 Å². The second-order valence-corrected chi connectivity index (χ2v) is 7.85. The Kier molecular flexibility index (Phi) is 11.3. The Morgan fingerprint density at radius 1 is 1.24 bits per heavy atom. The highest BCUT2D eigenvalue weighted by atomic mass is 19.4. The Balaban J connectivity index is 0.000000372. The zero-order chi connectivity index (χ0) is 28.6. The summed E-state index contributed by atoms with van der Waals surface area (Å²) in [5.74, 6) is -4.80. The molecule has 1 aromatic heterocycles. The molecule has 1 saturated heterocycles. The maximum atomic E-state index is 13.7. The van der Waals surface area contributed by atoms with Crippen LogP contribution >= 0.6 is 0 Å². The molecule has 2 amide bonds. The van der Waals surface area contributed by atoms with Crippen LogP contribution in [0.5, 0.6) is 5.75 Å². The average molecular weight is 533 g/mol. The lowest BCUT2D eigenvalue weighted by molar-refractivity contribution is -0.266. The molecule has 2 N–H and O–H groups in total. The maximum Gasteiger partial charge on any atom is 0.417 e. The monoisotopic (exact) mass is 533 g/mol. The van der Waals surface area contributed by atoms with Crippen LogP contribution in [-0.4, -0.2) is 56.1 Å². The highest BCUT2D eigenvalue weighted by Gasteiger charge is 2.61. The minimum absolute atomic E-state index is 0.176. The molecule has 0 aliphatic carbocycles. The van der Waals surface area contributed by atoms with Crippen molar-refractivity contribution in [1.29, 1.82) is 0 Å². The number of methoxy groups -OCH3 is 1. The van der Waals surface area contributed by atoms with Gasteiger partial charge in [0.05, 0.1) is 19.4 Å². The molecule has 0 radical (unpaired) electrons. The highest BCUT2D eigenvalue weighted by Crippen LogP contribution is 2.51. The van der Waals surface area contributed by atoms with Gasteiger partial charge in [0.15, 0.2) is 23.5 Å². The largest absolute Gasteiger partial charge is 0.493 e. The van der Waals surface area contributed by atoms with Gasteiger partial charge in [-0.2, -0.15) is 17.6 Å². The Labute approximate surface area is 210 Å². The Bertz CT molecular complexity index is 1100. The van der Waals surface area contributed by atoms with Gasteiger partial charge in [0.1, 0.15) is 5.69 Å². The molecule has 8 nitrogen and oxygen atoms in total. The molecule has 204 valence electrons. The van der Waals surface area contributed by atoms with Crippen LogP contribution in [0.1, 0.15) is 42.7 Å². The van der Waals surface area contributed by atoms with E-state index in [0.29, 0.717) is 18.4 Å². The minimum atomic E-state index is -4.55. The van der Waals surface area contributed by atoms with Gasteiger partial charge in [0.2, 0.25) is 18.1 Å². The number of hydrogen-bond donors (Lipinski definition) is 1. The number of ether oxygens (including phenoxy) is 2. The van der Waals surface area contributed by atoms with Gasteiger partial charge < -0.3 is 15.2 Å². The summed E-state index contributed by atoms with van der Waals surface area (Å²) in [6.07, 6.45) is -2.25. The van der Waals surface area contributed by atoms with Gasteiger partial charge in [-0.3, -0.25) is 24.3 Å². The molecule has 3 atom stereocenters. The number of carbonyl (C=O) groups is 3. The summed E-state index contributed by atoms with van der Waals surface area (Å²) in [7, 11) is 2.64. The number of benzene rings is 1. The molecule has 1 fully saturated rings. The van der Waals surface area contributed by atoms with E-state index in [0.717, 1.165) is 25.0 Å². The first-order chi connectivity index (χ1) is 17.3. The van der Waals surface area contributed by atoms with E-state index in [-0.39, 0.29) is 23.6 Å². The van der Waals surface area contributed by atoms with Crippen LogP contribution < -0.4 is 15.4 Å². The number of imide groups is 1. The van der Waals surface area contributed by atoms with E-state index in [9.17, 15) is 36.3 Å². The van der Waals surface area contributed by atoms with E-state index in [1.54, 1.807) is 0 Å². The topological polar surface area (TPSA) is 112 Å². The third-order valence-electron chi connectivity index (χ3n) is 5.89. The van der Waals surface area contributed by atoms with Crippen molar-refractivity contribution in [1.82, 2.24) is 4.98 Å². The van der Waals surface area contributed by atoms with Crippen molar-refractivity contribution in [3.05, 3.63) is 53.4 Å². The quantitative estimate of drug-likeness (QED) is 0.456. The van der Waals surface area contributed by atoms with E-state index < -0.39 is 41.2 Å². The van der Waals surface area contributed by atoms with Crippen LogP contribution in [0.3, 0.4) is 0 Å². The summed E-state index contributed by atoms with van der Waals surface area (Å²) < 4.78 is 76.0. The summed E-state index contributed by atoms with van der Waals surface area (Å²) >= 11 is 0. The number of aldehydes is 1. The molecule has 2 unspecified atom stereocenters.